The van der Waals surface area contributed by atoms with Gasteiger partial charge in [0, 0.05) is 29.8 Å². The second-order valence-electron chi connectivity index (χ2n) is 7.66. The Labute approximate surface area is 188 Å². The number of benzene rings is 2. The number of aromatic amines is 1. The number of ether oxygens (including phenoxy) is 1. The molecule has 3 aromatic rings. The van der Waals surface area contributed by atoms with Crippen LogP contribution in [-0.4, -0.2) is 63.5 Å². The third-order valence-corrected chi connectivity index (χ3v) is 5.39. The molecule has 7 nitrogen and oxygen atoms in total. The largest absolute Gasteiger partial charge is 0.508 e. The molecular weight excluding hydrogens is 435 g/mol. The van der Waals surface area contributed by atoms with Gasteiger partial charge in [-0.3, -0.25) is 4.90 Å². The summed E-state index contributed by atoms with van der Waals surface area (Å²) in [5.74, 6) is 5.58. The van der Waals surface area contributed by atoms with Crippen LogP contribution < -0.4 is 0 Å². The average Bonchev–Trinajstić information content (AvgIpc) is 3.34. The van der Waals surface area contributed by atoms with Gasteiger partial charge in [-0.2, -0.15) is 13.2 Å². The summed E-state index contributed by atoms with van der Waals surface area (Å²) in [6, 6.07) is 8.52. The maximum Gasteiger partial charge on any atom is 0.417 e. The van der Waals surface area contributed by atoms with Crippen molar-refractivity contribution in [3.05, 3.63) is 58.7 Å². The number of nitrogens with one attached hydrogen (secondary N) is 1. The molecule has 0 bridgehead atoms. The minimum atomic E-state index is -4.62. The summed E-state index contributed by atoms with van der Waals surface area (Å²) in [5, 5.41) is 23.3. The lowest BCUT2D eigenvalue weighted by Gasteiger charge is -2.26. The number of phenols is 1. The number of H-pyrrole nitrogens is 1. The number of phenolic OH excluding ortho intramolecular Hbond substituents is 1. The van der Waals surface area contributed by atoms with Crippen LogP contribution in [0.1, 0.15) is 28.7 Å². The van der Waals surface area contributed by atoms with Gasteiger partial charge in [0.1, 0.15) is 5.75 Å². The third-order valence-electron chi connectivity index (χ3n) is 5.39. The van der Waals surface area contributed by atoms with Crippen LogP contribution in [0.25, 0.3) is 11.4 Å². The zero-order valence-corrected chi connectivity index (χ0v) is 17.7. The number of aromatic hydroxyl groups is 1. The van der Waals surface area contributed by atoms with E-state index in [4.69, 9.17) is 4.74 Å². The molecule has 0 spiro atoms. The van der Waals surface area contributed by atoms with Crippen molar-refractivity contribution in [3.63, 3.8) is 0 Å². The van der Waals surface area contributed by atoms with Crippen LogP contribution in [0.2, 0.25) is 0 Å². The fourth-order valence-electron chi connectivity index (χ4n) is 3.68. The molecule has 1 aromatic heterocycles. The standard InChI is InChI=1S/C23H22F3N5O2/c24-23(25,26)21-15-20(32)8-7-17(21)5-3-16-4-6-19(22-27-29-30-28-22)14-18(16)2-1-9-31-10-12-33-13-11-31/h4,6-8,14-15,32H,1-2,9-13H2,(H,27,28,29,30). The molecule has 1 aliphatic heterocycles. The first kappa shape index (κ1) is 22.8. The van der Waals surface area contributed by atoms with E-state index in [1.807, 2.05) is 6.07 Å². The molecule has 33 heavy (non-hydrogen) atoms. The Balaban J connectivity index is 1.61. The van der Waals surface area contributed by atoms with Gasteiger partial charge in [0.2, 0.25) is 0 Å². The fraction of sp³-hybridized carbons (Fsp3) is 0.348. The van der Waals surface area contributed by atoms with E-state index in [2.05, 4.69) is 37.4 Å². The number of morpholine rings is 1. The number of aryl methyl sites for hydroxylation is 1. The van der Waals surface area contributed by atoms with E-state index in [9.17, 15) is 18.3 Å². The number of aromatic nitrogens is 4. The Kier molecular flexibility index (Phi) is 6.91. The molecule has 0 aliphatic carbocycles. The molecule has 0 radical (unpaired) electrons. The molecule has 172 valence electrons. The van der Waals surface area contributed by atoms with Crippen LogP contribution in [0.4, 0.5) is 13.2 Å². The van der Waals surface area contributed by atoms with Gasteiger partial charge in [-0.15, -0.1) is 5.10 Å². The molecule has 4 rings (SSSR count). The lowest BCUT2D eigenvalue weighted by molar-refractivity contribution is -0.137. The third kappa shape index (κ3) is 5.88. The summed E-state index contributed by atoms with van der Waals surface area (Å²) in [6.07, 6.45) is -3.06. The summed E-state index contributed by atoms with van der Waals surface area (Å²) in [7, 11) is 0. The lowest BCUT2D eigenvalue weighted by Crippen LogP contribution is -2.36. The first-order valence-electron chi connectivity index (χ1n) is 10.5. The zero-order valence-electron chi connectivity index (χ0n) is 17.7. The summed E-state index contributed by atoms with van der Waals surface area (Å²) in [6.45, 7) is 4.10. The molecule has 0 saturated carbocycles. The van der Waals surface area contributed by atoms with E-state index in [1.165, 1.54) is 12.1 Å². The highest BCUT2D eigenvalue weighted by molar-refractivity contribution is 5.60. The zero-order chi connectivity index (χ0) is 23.3. The van der Waals surface area contributed by atoms with Gasteiger partial charge in [-0.1, -0.05) is 11.8 Å². The Morgan fingerprint density at radius 2 is 1.82 bits per heavy atom. The molecule has 2 aromatic carbocycles. The van der Waals surface area contributed by atoms with Crippen LogP contribution in [0.3, 0.4) is 0 Å². The predicted molar refractivity (Wildman–Crippen MR) is 114 cm³/mol. The van der Waals surface area contributed by atoms with E-state index in [0.29, 0.717) is 23.9 Å². The molecule has 0 atom stereocenters. The van der Waals surface area contributed by atoms with Crippen molar-refractivity contribution in [2.45, 2.75) is 19.0 Å². The van der Waals surface area contributed by atoms with Gasteiger partial charge in [0.05, 0.1) is 18.8 Å². The van der Waals surface area contributed by atoms with Crippen molar-refractivity contribution in [2.24, 2.45) is 0 Å². The molecular formula is C23H22F3N5O2. The Hall–Kier alpha value is -3.42. The number of rotatable bonds is 5. The van der Waals surface area contributed by atoms with Crippen molar-refractivity contribution < 1.29 is 23.0 Å². The van der Waals surface area contributed by atoms with Crippen molar-refractivity contribution >= 4 is 0 Å². The fourth-order valence-corrected chi connectivity index (χ4v) is 3.68. The minimum Gasteiger partial charge on any atom is -0.508 e. The van der Waals surface area contributed by atoms with Gasteiger partial charge in [0.15, 0.2) is 5.82 Å². The molecule has 0 amide bonds. The monoisotopic (exact) mass is 457 g/mol. The maximum atomic E-state index is 13.4. The Bertz CT molecular complexity index is 1150. The quantitative estimate of drug-likeness (QED) is 0.572. The lowest BCUT2D eigenvalue weighted by atomic mass is 9.98. The van der Waals surface area contributed by atoms with Gasteiger partial charge in [0.25, 0.3) is 0 Å². The summed E-state index contributed by atoms with van der Waals surface area (Å²) >= 11 is 0. The highest BCUT2D eigenvalue weighted by atomic mass is 19.4. The van der Waals surface area contributed by atoms with Crippen LogP contribution in [0.15, 0.2) is 36.4 Å². The number of halogens is 3. The number of hydrogen-bond donors (Lipinski definition) is 2. The molecule has 1 fully saturated rings. The molecule has 2 heterocycles. The number of hydrogen-bond acceptors (Lipinski definition) is 6. The van der Waals surface area contributed by atoms with Gasteiger partial charge < -0.3 is 9.84 Å². The maximum absolute atomic E-state index is 13.4. The van der Waals surface area contributed by atoms with Crippen molar-refractivity contribution in [2.75, 3.05) is 32.8 Å². The first-order valence-corrected chi connectivity index (χ1v) is 10.5. The number of tetrazole rings is 1. The summed E-state index contributed by atoms with van der Waals surface area (Å²) < 4.78 is 45.5. The average molecular weight is 457 g/mol. The van der Waals surface area contributed by atoms with Crippen molar-refractivity contribution in [1.82, 2.24) is 25.5 Å². The predicted octanol–water partition coefficient (Wildman–Crippen LogP) is 3.26. The topological polar surface area (TPSA) is 87.2 Å². The van der Waals surface area contributed by atoms with Crippen LogP contribution >= 0.6 is 0 Å². The smallest absolute Gasteiger partial charge is 0.417 e. The Morgan fingerprint density at radius 1 is 1.06 bits per heavy atom. The molecule has 1 aliphatic rings. The number of nitrogens with zero attached hydrogens (tertiary/aromatic N) is 4. The van der Waals surface area contributed by atoms with E-state index >= 15 is 0 Å². The molecule has 10 heteroatoms. The SMILES string of the molecule is Oc1ccc(C#Cc2ccc(-c3nnn[nH]3)cc2CCCN2CCOCC2)c(C(F)(F)F)c1. The van der Waals surface area contributed by atoms with Gasteiger partial charge >= 0.3 is 6.18 Å². The van der Waals surface area contributed by atoms with Crippen LogP contribution in [0.5, 0.6) is 5.75 Å². The second-order valence-corrected chi connectivity index (χ2v) is 7.66. The molecule has 1 saturated heterocycles. The highest BCUT2D eigenvalue weighted by Crippen LogP contribution is 2.34. The van der Waals surface area contributed by atoms with E-state index in [0.717, 1.165) is 50.4 Å². The van der Waals surface area contributed by atoms with Crippen LogP contribution in [0, 0.1) is 11.8 Å². The normalized spacial score (nSPS) is 14.6. The van der Waals surface area contributed by atoms with Gasteiger partial charge in [-0.25, -0.2) is 5.10 Å². The van der Waals surface area contributed by atoms with Gasteiger partial charge in [-0.05, 0) is 71.8 Å². The molecule has 0 unspecified atom stereocenters. The summed E-state index contributed by atoms with van der Waals surface area (Å²) in [4.78, 5) is 2.32. The second kappa shape index (κ2) is 10.0. The number of alkyl halides is 3. The Morgan fingerprint density at radius 3 is 2.55 bits per heavy atom. The van der Waals surface area contributed by atoms with Crippen molar-refractivity contribution in [1.29, 1.82) is 0 Å². The van der Waals surface area contributed by atoms with E-state index in [1.54, 1.807) is 12.1 Å². The van der Waals surface area contributed by atoms with E-state index < -0.39 is 17.5 Å². The van der Waals surface area contributed by atoms with Crippen LogP contribution in [-0.2, 0) is 17.3 Å². The molecule has 2 N–H and O–H groups in total. The first-order chi connectivity index (χ1) is 15.9. The summed E-state index contributed by atoms with van der Waals surface area (Å²) in [5.41, 5.74) is 1.15. The minimum absolute atomic E-state index is 0.192. The van der Waals surface area contributed by atoms with E-state index in [-0.39, 0.29) is 5.56 Å². The van der Waals surface area contributed by atoms with Crippen molar-refractivity contribution in [3.8, 4) is 29.0 Å². The highest BCUT2D eigenvalue weighted by Gasteiger charge is 2.33.